The van der Waals surface area contributed by atoms with Crippen LogP contribution in [0.25, 0.3) is 5.52 Å². The summed E-state index contributed by atoms with van der Waals surface area (Å²) in [4.78, 5) is 16.9. The predicted molar refractivity (Wildman–Crippen MR) is 174 cm³/mol. The second-order valence-electron chi connectivity index (χ2n) is 12.0. The van der Waals surface area contributed by atoms with Crippen molar-refractivity contribution in [2.24, 2.45) is 5.92 Å². The topological polar surface area (TPSA) is 174 Å². The number of aromatic nitrogens is 3. The number of nitrogen functional groups attached to an aromatic ring is 1. The van der Waals surface area contributed by atoms with Gasteiger partial charge in [-0.2, -0.15) is 10.4 Å². The first-order valence-corrected chi connectivity index (χ1v) is 16.5. The number of halogens is 1. The van der Waals surface area contributed by atoms with Crippen LogP contribution < -0.4 is 10.8 Å². The maximum Gasteiger partial charge on any atom is 0.407 e. The van der Waals surface area contributed by atoms with Gasteiger partial charge in [0.05, 0.1) is 31.1 Å². The lowest BCUT2D eigenvalue weighted by Crippen LogP contribution is -2.53. The van der Waals surface area contributed by atoms with Gasteiger partial charge in [-0.1, -0.05) is 45.3 Å². The van der Waals surface area contributed by atoms with Gasteiger partial charge in [-0.3, -0.25) is 13.8 Å². The Bertz CT molecular complexity index is 1540. The van der Waals surface area contributed by atoms with Gasteiger partial charge in [-0.05, 0) is 70.7 Å². The van der Waals surface area contributed by atoms with Crippen LogP contribution in [0.15, 0.2) is 42.8 Å². The Morgan fingerprint density at radius 1 is 1.33 bits per heavy atom. The molecule has 252 valence electrons. The number of hydrogen-bond acceptors (Lipinski definition) is 10. The van der Waals surface area contributed by atoms with Crippen LogP contribution in [0.3, 0.4) is 0 Å². The lowest BCUT2D eigenvalue weighted by Gasteiger charge is -2.39. The summed E-state index contributed by atoms with van der Waals surface area (Å²) in [5, 5.41) is 28.2. The van der Waals surface area contributed by atoms with Crippen LogP contribution in [0.5, 0.6) is 0 Å². The number of allylic oxidation sites excluding steroid dienone is 1. The predicted octanol–water partition coefficient (Wildman–Crippen LogP) is 5.19. The Morgan fingerprint density at radius 2 is 1.98 bits per heavy atom. The van der Waals surface area contributed by atoms with E-state index in [0.717, 1.165) is 19.8 Å². The molecule has 0 amide bonds. The average molecular weight is 661 g/mol. The number of aliphatic hydroxyl groups excluding tert-OH is 1. The van der Waals surface area contributed by atoms with E-state index in [9.17, 15) is 19.7 Å². The molecule has 2 unspecified atom stereocenters. The molecule has 46 heavy (non-hydrogen) atoms. The first kappa shape index (κ1) is 38.6. The number of nitrogens with one attached hydrogen (secondary N) is 1. The van der Waals surface area contributed by atoms with Crippen molar-refractivity contribution in [2.45, 2.75) is 96.6 Å². The van der Waals surface area contributed by atoms with Crippen LogP contribution in [-0.4, -0.2) is 62.3 Å². The van der Waals surface area contributed by atoms with E-state index >= 15 is 4.39 Å². The molecule has 2 aromatic rings. The maximum absolute atomic E-state index is 16.7. The highest BCUT2D eigenvalue weighted by molar-refractivity contribution is 7.51. The number of ether oxygens (including phenoxy) is 1. The van der Waals surface area contributed by atoms with Crippen LogP contribution in [0.1, 0.15) is 73.4 Å². The van der Waals surface area contributed by atoms with Gasteiger partial charge in [0, 0.05) is 0 Å². The van der Waals surface area contributed by atoms with Crippen LogP contribution in [0, 0.1) is 29.6 Å². The number of nitrogens with zero attached hydrogens (tertiary/aromatic N) is 4. The molecule has 0 saturated carbocycles. The quantitative estimate of drug-likeness (QED) is 0.0830. The zero-order chi connectivity index (χ0) is 34.9. The number of terminal acetylenes is 1. The molecule has 0 spiro atoms. The Morgan fingerprint density at radius 3 is 2.57 bits per heavy atom. The number of carbonyl (C=O) groups excluding carboxylic acids is 1. The zero-order valence-corrected chi connectivity index (χ0v) is 28.5. The Labute approximate surface area is 270 Å². The highest BCUT2D eigenvalue weighted by atomic mass is 31.2. The van der Waals surface area contributed by atoms with Crippen molar-refractivity contribution in [1.29, 1.82) is 5.26 Å². The van der Waals surface area contributed by atoms with E-state index in [1.165, 1.54) is 49.8 Å². The number of anilines is 1. The van der Waals surface area contributed by atoms with Gasteiger partial charge in [-0.15, -0.1) is 6.42 Å². The van der Waals surface area contributed by atoms with Gasteiger partial charge >= 0.3 is 13.7 Å². The van der Waals surface area contributed by atoms with Gasteiger partial charge in [0.2, 0.25) is 0 Å². The molecular weight excluding hydrogens is 614 g/mol. The summed E-state index contributed by atoms with van der Waals surface area (Å²) < 4.78 is 49.0. The lowest BCUT2D eigenvalue weighted by atomic mass is 9.70. The molecule has 4 N–H and O–H groups in total. The van der Waals surface area contributed by atoms with E-state index in [0.29, 0.717) is 5.52 Å². The molecule has 0 aromatic carbocycles. The third-order valence-electron chi connectivity index (χ3n) is 8.05. The van der Waals surface area contributed by atoms with Crippen molar-refractivity contribution in [2.75, 3.05) is 18.9 Å². The van der Waals surface area contributed by atoms with Crippen LogP contribution in [0.2, 0.25) is 0 Å². The molecule has 0 bridgehead atoms. The second-order valence-corrected chi connectivity index (χ2v) is 13.7. The highest BCUT2D eigenvalue weighted by Crippen LogP contribution is 2.49. The smallest absolute Gasteiger partial charge is 0.407 e. The third-order valence-corrected chi connectivity index (χ3v) is 9.99. The molecule has 2 heterocycles. The number of carbonyl (C=O) groups is 1. The maximum atomic E-state index is 16.7. The molecule has 5 atom stereocenters. The van der Waals surface area contributed by atoms with Crippen LogP contribution >= 0.6 is 7.75 Å². The first-order chi connectivity index (χ1) is 21.4. The van der Waals surface area contributed by atoms with Crippen molar-refractivity contribution >= 4 is 25.1 Å². The van der Waals surface area contributed by atoms with E-state index < -0.39 is 49.2 Å². The van der Waals surface area contributed by atoms with E-state index in [4.69, 9.17) is 25.9 Å². The Hall–Kier alpha value is -3.58. The Kier molecular flexibility index (Phi) is 13.3. The van der Waals surface area contributed by atoms with Crippen molar-refractivity contribution < 1.29 is 32.6 Å². The number of nitrogens with two attached hydrogens (primary N) is 1. The fourth-order valence-electron chi connectivity index (χ4n) is 4.64. The molecule has 0 aliphatic rings. The van der Waals surface area contributed by atoms with Gasteiger partial charge in [-0.25, -0.2) is 23.5 Å². The summed E-state index contributed by atoms with van der Waals surface area (Å²) in [6.45, 7) is 14.2. The average Bonchev–Trinajstić information content (AvgIpc) is 3.45. The van der Waals surface area contributed by atoms with E-state index in [1.807, 2.05) is 19.9 Å². The number of aliphatic hydroxyl groups is 1. The summed E-state index contributed by atoms with van der Waals surface area (Å²) in [5.74, 6) is 1.95. The molecule has 0 aliphatic heterocycles. The number of hydrogen-bond donors (Lipinski definition) is 3. The van der Waals surface area contributed by atoms with Crippen LogP contribution in [0.4, 0.5) is 10.2 Å². The van der Waals surface area contributed by atoms with Crippen LogP contribution in [-0.2, 0) is 28.6 Å². The van der Waals surface area contributed by atoms with Crippen molar-refractivity contribution in [3.8, 4) is 18.4 Å². The zero-order valence-electron chi connectivity index (χ0n) is 27.6. The molecule has 14 heteroatoms. The van der Waals surface area contributed by atoms with Gasteiger partial charge < -0.3 is 15.6 Å². The van der Waals surface area contributed by atoms with E-state index in [2.05, 4.69) is 27.7 Å². The minimum absolute atomic E-state index is 0.107. The van der Waals surface area contributed by atoms with Gasteiger partial charge in [0.1, 0.15) is 28.9 Å². The van der Waals surface area contributed by atoms with Crippen molar-refractivity contribution in [3.05, 3.63) is 48.5 Å². The second kappa shape index (κ2) is 15.8. The number of nitriles is 1. The van der Waals surface area contributed by atoms with Gasteiger partial charge in [0.25, 0.3) is 0 Å². The molecule has 12 nitrogen and oxygen atoms in total. The monoisotopic (exact) mass is 660 g/mol. The highest BCUT2D eigenvalue weighted by Gasteiger charge is 2.55. The number of rotatable bonds is 18. The molecule has 0 radical (unpaired) electrons. The minimum atomic E-state index is -4.37. The van der Waals surface area contributed by atoms with E-state index in [-0.39, 0.29) is 36.0 Å². The Balaban J connectivity index is 2.33. The van der Waals surface area contributed by atoms with Gasteiger partial charge in [0.15, 0.2) is 11.5 Å². The summed E-state index contributed by atoms with van der Waals surface area (Å²) in [7, 11) is -4.37. The first-order valence-electron chi connectivity index (χ1n) is 15.0. The lowest BCUT2D eigenvalue weighted by molar-refractivity contribution is -0.151. The molecule has 2 aromatic heterocycles. The summed E-state index contributed by atoms with van der Waals surface area (Å²) in [5.41, 5.74) is -0.0871. The number of alkyl halides is 1. The van der Waals surface area contributed by atoms with Crippen molar-refractivity contribution in [1.82, 2.24) is 19.7 Å². The SMILES string of the molecule is C#C/C=C\CC(C)OP(=O)(NC(C)(C)C(=O)OCC(CC)CC)OCC(=C)[C@@H](O)[C@@](C)(F)[C@](C)(C#N)c1ccc2c(N)ncnn12. The van der Waals surface area contributed by atoms with Crippen molar-refractivity contribution in [3.63, 3.8) is 0 Å². The molecule has 2 rings (SSSR count). The number of fused-ring (bicyclic) bond motifs is 1. The normalized spacial score (nSPS) is 17.4. The largest absolute Gasteiger partial charge is 0.464 e. The fourth-order valence-corrected chi connectivity index (χ4v) is 6.48. The standard InChI is InChI=1S/C32H46FN6O6P/c1-10-13-14-15-23(5)45-46(42,38-30(6,7)29(41)43-19-24(11-2)12-3)44-18-22(4)27(40)32(9,33)31(8,20-34)26-17-16-25-28(35)36-21-37-39(25)26/h1,13-14,16-17,21,23-24,27,40H,4,11-12,15,18-19H2,2-3,5-9H3,(H,38,42)(H2,35,36,37)/b14-13-/t23?,27-,31-,32-,46?/m1/s1. The third kappa shape index (κ3) is 8.81. The summed E-state index contributed by atoms with van der Waals surface area (Å²) >= 11 is 0. The number of esters is 1. The minimum Gasteiger partial charge on any atom is -0.464 e. The molecule has 0 saturated heterocycles. The molecular formula is C32H46FN6O6P. The van der Waals surface area contributed by atoms with E-state index in [1.54, 1.807) is 13.0 Å². The molecule has 0 aliphatic carbocycles. The molecule has 0 fully saturated rings. The fraction of sp³-hybridized carbons (Fsp3) is 0.562. The summed E-state index contributed by atoms with van der Waals surface area (Å²) in [6, 6.07) is 4.97. The summed E-state index contributed by atoms with van der Waals surface area (Å²) in [6.07, 6.45) is 8.70.